The van der Waals surface area contributed by atoms with Gasteiger partial charge >= 0.3 is 5.97 Å². The fourth-order valence-corrected chi connectivity index (χ4v) is 3.04. The molecule has 0 atom stereocenters. The smallest absolute Gasteiger partial charge is 0.354 e. The summed E-state index contributed by atoms with van der Waals surface area (Å²) in [5, 5.41) is 5.06. The summed E-state index contributed by atoms with van der Waals surface area (Å²) in [5.41, 5.74) is 3.28. The standard InChI is InChI=1S/C18H17N3O4S/c1-24-9-11-3-5-12(6-4-11)16(22)21-18-20-15(10-26-18)13-7-14(19-8-13)17(23)25-2/h3-8,10,19H,9H2,1-2H3,(H,20,21,22). The number of hydrogen-bond donors (Lipinski definition) is 2. The van der Waals surface area contributed by atoms with Crippen LogP contribution in [0.5, 0.6) is 0 Å². The summed E-state index contributed by atoms with van der Waals surface area (Å²) >= 11 is 1.31. The van der Waals surface area contributed by atoms with Crippen molar-refractivity contribution in [2.45, 2.75) is 6.61 Å². The molecule has 134 valence electrons. The second-order valence-electron chi connectivity index (χ2n) is 5.42. The lowest BCUT2D eigenvalue weighted by atomic mass is 10.1. The molecule has 0 saturated carbocycles. The summed E-state index contributed by atoms with van der Waals surface area (Å²) in [4.78, 5) is 31.0. The molecule has 0 unspecified atom stereocenters. The Morgan fingerprint density at radius 3 is 2.69 bits per heavy atom. The van der Waals surface area contributed by atoms with E-state index >= 15 is 0 Å². The van der Waals surface area contributed by atoms with E-state index in [1.54, 1.807) is 31.5 Å². The molecule has 1 amide bonds. The van der Waals surface area contributed by atoms with Gasteiger partial charge in [-0.3, -0.25) is 10.1 Å². The summed E-state index contributed by atoms with van der Waals surface area (Å²) in [5.74, 6) is -0.684. The normalized spacial score (nSPS) is 10.5. The van der Waals surface area contributed by atoms with Crippen molar-refractivity contribution in [3.05, 3.63) is 58.7 Å². The van der Waals surface area contributed by atoms with E-state index in [1.165, 1.54) is 18.4 Å². The Balaban J connectivity index is 1.68. The van der Waals surface area contributed by atoms with Crippen LogP contribution in [-0.2, 0) is 16.1 Å². The van der Waals surface area contributed by atoms with Gasteiger partial charge in [-0.15, -0.1) is 11.3 Å². The van der Waals surface area contributed by atoms with Gasteiger partial charge in [-0.2, -0.15) is 0 Å². The number of methoxy groups -OCH3 is 2. The quantitative estimate of drug-likeness (QED) is 0.648. The van der Waals surface area contributed by atoms with Crippen LogP contribution in [0.3, 0.4) is 0 Å². The molecule has 3 rings (SSSR count). The van der Waals surface area contributed by atoms with Gasteiger partial charge in [0.2, 0.25) is 0 Å². The maximum atomic E-state index is 12.3. The molecule has 2 aromatic heterocycles. The van der Waals surface area contributed by atoms with E-state index in [9.17, 15) is 9.59 Å². The topological polar surface area (TPSA) is 93.3 Å². The number of nitrogens with one attached hydrogen (secondary N) is 2. The number of anilines is 1. The van der Waals surface area contributed by atoms with Gasteiger partial charge in [0.05, 0.1) is 19.4 Å². The lowest BCUT2D eigenvalue weighted by molar-refractivity contribution is 0.0594. The number of carbonyl (C=O) groups is 2. The van der Waals surface area contributed by atoms with Crippen molar-refractivity contribution >= 4 is 28.3 Å². The van der Waals surface area contributed by atoms with Crippen LogP contribution in [0.4, 0.5) is 5.13 Å². The number of aromatic amines is 1. The van der Waals surface area contributed by atoms with Crippen molar-refractivity contribution in [1.82, 2.24) is 9.97 Å². The Bertz CT molecular complexity index is 915. The third-order valence-corrected chi connectivity index (χ3v) is 4.39. The number of amides is 1. The predicted molar refractivity (Wildman–Crippen MR) is 98.3 cm³/mol. The Morgan fingerprint density at radius 2 is 2.00 bits per heavy atom. The molecule has 8 heteroatoms. The first-order chi connectivity index (χ1) is 12.6. The van der Waals surface area contributed by atoms with Crippen LogP contribution in [0.25, 0.3) is 11.3 Å². The molecule has 0 radical (unpaired) electrons. The molecule has 0 saturated heterocycles. The van der Waals surface area contributed by atoms with Crippen molar-refractivity contribution in [3.8, 4) is 11.3 Å². The molecule has 0 aliphatic rings. The maximum absolute atomic E-state index is 12.3. The van der Waals surface area contributed by atoms with Crippen LogP contribution in [-0.4, -0.2) is 36.1 Å². The van der Waals surface area contributed by atoms with Gasteiger partial charge in [0, 0.05) is 29.8 Å². The number of thiazole rings is 1. The number of H-pyrrole nitrogens is 1. The number of carbonyl (C=O) groups excluding carboxylic acids is 2. The minimum absolute atomic E-state index is 0.237. The monoisotopic (exact) mass is 371 g/mol. The molecule has 0 aliphatic carbocycles. The first kappa shape index (κ1) is 17.8. The summed E-state index contributed by atoms with van der Waals surface area (Å²) in [6, 6.07) is 8.83. The van der Waals surface area contributed by atoms with Crippen LogP contribution in [0.1, 0.15) is 26.4 Å². The molecule has 1 aromatic carbocycles. The van der Waals surface area contributed by atoms with Gasteiger partial charge in [0.15, 0.2) is 5.13 Å². The third-order valence-electron chi connectivity index (χ3n) is 3.64. The Morgan fingerprint density at radius 1 is 1.23 bits per heavy atom. The number of esters is 1. The number of nitrogens with zero attached hydrogens (tertiary/aromatic N) is 1. The van der Waals surface area contributed by atoms with E-state index in [1.807, 2.05) is 17.5 Å². The van der Waals surface area contributed by atoms with Gasteiger partial charge in [-0.1, -0.05) is 12.1 Å². The number of rotatable bonds is 6. The SMILES string of the molecule is COCc1ccc(C(=O)Nc2nc(-c3c[nH]c(C(=O)OC)c3)cs2)cc1. The highest BCUT2D eigenvalue weighted by Gasteiger charge is 2.13. The maximum Gasteiger partial charge on any atom is 0.354 e. The average Bonchev–Trinajstić information content (AvgIpc) is 3.31. The lowest BCUT2D eigenvalue weighted by Crippen LogP contribution is -2.11. The minimum atomic E-state index is -0.447. The van der Waals surface area contributed by atoms with E-state index in [0.29, 0.717) is 28.7 Å². The first-order valence-corrected chi connectivity index (χ1v) is 8.60. The molecule has 2 N–H and O–H groups in total. The number of aromatic nitrogens is 2. The number of benzene rings is 1. The summed E-state index contributed by atoms with van der Waals surface area (Å²) in [6.45, 7) is 0.502. The Labute approximate surface area is 154 Å². The Kier molecular flexibility index (Phi) is 5.45. The molecular formula is C18H17N3O4S. The van der Waals surface area contributed by atoms with Crippen LogP contribution < -0.4 is 5.32 Å². The Hall–Kier alpha value is -2.97. The average molecular weight is 371 g/mol. The second kappa shape index (κ2) is 7.94. The van der Waals surface area contributed by atoms with E-state index in [0.717, 1.165) is 11.1 Å². The molecule has 7 nitrogen and oxygen atoms in total. The summed E-state index contributed by atoms with van der Waals surface area (Å²) < 4.78 is 9.72. The highest BCUT2D eigenvalue weighted by molar-refractivity contribution is 7.14. The number of ether oxygens (including phenoxy) is 2. The van der Waals surface area contributed by atoms with Crippen LogP contribution in [0.15, 0.2) is 41.9 Å². The molecule has 0 spiro atoms. The predicted octanol–water partition coefficient (Wildman–Crippen LogP) is 3.32. The molecule has 0 bridgehead atoms. The van der Waals surface area contributed by atoms with Crippen LogP contribution in [0.2, 0.25) is 0 Å². The zero-order valence-corrected chi connectivity index (χ0v) is 15.1. The molecule has 26 heavy (non-hydrogen) atoms. The van der Waals surface area contributed by atoms with Gasteiger partial charge in [-0.05, 0) is 23.8 Å². The molecule has 3 aromatic rings. The number of hydrogen-bond acceptors (Lipinski definition) is 6. The van der Waals surface area contributed by atoms with Gasteiger partial charge in [0.25, 0.3) is 5.91 Å². The third kappa shape index (κ3) is 3.98. The highest BCUT2D eigenvalue weighted by Crippen LogP contribution is 2.26. The van der Waals surface area contributed by atoms with Gasteiger partial charge in [0.1, 0.15) is 5.69 Å². The van der Waals surface area contributed by atoms with E-state index < -0.39 is 5.97 Å². The highest BCUT2D eigenvalue weighted by atomic mass is 32.1. The molecule has 0 fully saturated rings. The summed E-state index contributed by atoms with van der Waals surface area (Å²) in [6.07, 6.45) is 1.67. The molecule has 2 heterocycles. The van der Waals surface area contributed by atoms with Gasteiger partial charge in [-0.25, -0.2) is 9.78 Å². The van der Waals surface area contributed by atoms with Crippen molar-refractivity contribution in [2.75, 3.05) is 19.5 Å². The van der Waals surface area contributed by atoms with Crippen molar-refractivity contribution < 1.29 is 19.1 Å². The molecular weight excluding hydrogens is 354 g/mol. The lowest BCUT2D eigenvalue weighted by Gasteiger charge is -2.03. The fraction of sp³-hybridized carbons (Fsp3) is 0.167. The van der Waals surface area contributed by atoms with E-state index in [-0.39, 0.29) is 5.91 Å². The van der Waals surface area contributed by atoms with Crippen molar-refractivity contribution in [2.24, 2.45) is 0 Å². The van der Waals surface area contributed by atoms with E-state index in [2.05, 4.69) is 20.0 Å². The largest absolute Gasteiger partial charge is 0.464 e. The first-order valence-electron chi connectivity index (χ1n) is 7.72. The van der Waals surface area contributed by atoms with Crippen molar-refractivity contribution in [1.29, 1.82) is 0 Å². The second-order valence-corrected chi connectivity index (χ2v) is 6.27. The van der Waals surface area contributed by atoms with Crippen LogP contribution in [0, 0.1) is 0 Å². The van der Waals surface area contributed by atoms with Crippen molar-refractivity contribution in [3.63, 3.8) is 0 Å². The minimum Gasteiger partial charge on any atom is -0.464 e. The zero-order valence-electron chi connectivity index (χ0n) is 14.2. The van der Waals surface area contributed by atoms with Crippen LogP contribution >= 0.6 is 11.3 Å². The van der Waals surface area contributed by atoms with E-state index in [4.69, 9.17) is 4.74 Å². The zero-order chi connectivity index (χ0) is 18.5. The molecule has 0 aliphatic heterocycles. The summed E-state index contributed by atoms with van der Waals surface area (Å²) in [7, 11) is 2.94. The fourth-order valence-electron chi connectivity index (χ4n) is 2.32. The van der Waals surface area contributed by atoms with Gasteiger partial charge < -0.3 is 14.5 Å².